The largest absolute Gasteiger partial charge is 0.416 e. The lowest BCUT2D eigenvalue weighted by molar-refractivity contribution is -0.137. The van der Waals surface area contributed by atoms with Crippen LogP contribution in [0.4, 0.5) is 18.2 Å². The van der Waals surface area contributed by atoms with Gasteiger partial charge in [-0.25, -0.2) is 4.98 Å². The summed E-state index contributed by atoms with van der Waals surface area (Å²) in [5.74, 6) is -0.342. The van der Waals surface area contributed by atoms with Crippen LogP contribution < -0.4 is 5.32 Å². The van der Waals surface area contributed by atoms with Crippen LogP contribution in [-0.4, -0.2) is 15.9 Å². The predicted octanol–water partition coefficient (Wildman–Crippen LogP) is 5.02. The number of amides is 1. The van der Waals surface area contributed by atoms with E-state index in [0.29, 0.717) is 27.0 Å². The summed E-state index contributed by atoms with van der Waals surface area (Å²) in [6.07, 6.45) is -2.58. The Hall–Kier alpha value is -2.74. The molecule has 0 bridgehead atoms. The van der Waals surface area contributed by atoms with Crippen LogP contribution in [0.3, 0.4) is 0 Å². The van der Waals surface area contributed by atoms with E-state index in [1.807, 2.05) is 0 Å². The van der Waals surface area contributed by atoms with E-state index in [-0.39, 0.29) is 12.3 Å². The standard InChI is InChI=1S/C19H16F3N3OS/c1-11-5-4-8-23-16(11)17(26)25-18-12(2)24-15(27-18)10-13-6-3-7-14(9-13)19(20,21)22/h3-9H,10H2,1-2H3,(H,25,26). The molecule has 2 heterocycles. The second-order valence-electron chi connectivity index (χ2n) is 6.02. The molecule has 3 rings (SSSR count). The molecule has 8 heteroatoms. The van der Waals surface area contributed by atoms with Crippen molar-refractivity contribution in [3.63, 3.8) is 0 Å². The molecule has 0 saturated carbocycles. The topological polar surface area (TPSA) is 54.9 Å². The van der Waals surface area contributed by atoms with Crippen LogP contribution in [0.5, 0.6) is 0 Å². The molecule has 0 fully saturated rings. The summed E-state index contributed by atoms with van der Waals surface area (Å²) in [7, 11) is 0. The Kier molecular flexibility index (Phi) is 5.27. The number of pyridine rings is 1. The maximum Gasteiger partial charge on any atom is 0.416 e. The molecule has 1 aromatic carbocycles. The van der Waals surface area contributed by atoms with Crippen molar-refractivity contribution in [3.05, 3.63) is 75.7 Å². The number of nitrogens with zero attached hydrogens (tertiary/aromatic N) is 2. The Labute approximate surface area is 158 Å². The van der Waals surface area contributed by atoms with Crippen molar-refractivity contribution in [1.29, 1.82) is 0 Å². The van der Waals surface area contributed by atoms with Crippen LogP contribution in [0.1, 0.15) is 37.9 Å². The molecule has 140 valence electrons. The first-order valence-electron chi connectivity index (χ1n) is 8.09. The van der Waals surface area contributed by atoms with E-state index in [9.17, 15) is 18.0 Å². The average molecular weight is 391 g/mol. The maximum absolute atomic E-state index is 12.8. The number of aromatic nitrogens is 2. The zero-order valence-electron chi connectivity index (χ0n) is 14.6. The van der Waals surface area contributed by atoms with Gasteiger partial charge in [0.05, 0.1) is 16.3 Å². The van der Waals surface area contributed by atoms with Crippen molar-refractivity contribution in [2.75, 3.05) is 5.32 Å². The van der Waals surface area contributed by atoms with Gasteiger partial charge in [-0.2, -0.15) is 13.2 Å². The Morgan fingerprint density at radius 2 is 1.96 bits per heavy atom. The maximum atomic E-state index is 12.8. The highest BCUT2D eigenvalue weighted by Crippen LogP contribution is 2.31. The molecule has 0 spiro atoms. The molecule has 1 amide bonds. The van der Waals surface area contributed by atoms with Gasteiger partial charge in [-0.3, -0.25) is 9.78 Å². The fraction of sp³-hybridized carbons (Fsp3) is 0.211. The summed E-state index contributed by atoms with van der Waals surface area (Å²) in [6, 6.07) is 8.70. The van der Waals surface area contributed by atoms with Crippen molar-refractivity contribution in [2.24, 2.45) is 0 Å². The van der Waals surface area contributed by atoms with Gasteiger partial charge in [0.2, 0.25) is 0 Å². The van der Waals surface area contributed by atoms with Gasteiger partial charge in [0.15, 0.2) is 0 Å². The Morgan fingerprint density at radius 1 is 1.19 bits per heavy atom. The molecule has 2 aromatic heterocycles. The molecule has 4 nitrogen and oxygen atoms in total. The lowest BCUT2D eigenvalue weighted by Crippen LogP contribution is -2.14. The third-order valence-corrected chi connectivity index (χ3v) is 4.97. The first-order chi connectivity index (χ1) is 12.7. The van der Waals surface area contributed by atoms with Gasteiger partial charge in [-0.15, -0.1) is 11.3 Å². The van der Waals surface area contributed by atoms with E-state index in [1.165, 1.54) is 17.4 Å². The Morgan fingerprint density at radius 3 is 2.67 bits per heavy atom. The van der Waals surface area contributed by atoms with Gasteiger partial charge in [-0.1, -0.05) is 24.3 Å². The quantitative estimate of drug-likeness (QED) is 0.680. The molecule has 0 unspecified atom stereocenters. The van der Waals surface area contributed by atoms with E-state index in [1.54, 1.807) is 38.2 Å². The number of benzene rings is 1. The number of thiazole rings is 1. The van der Waals surface area contributed by atoms with Crippen molar-refractivity contribution < 1.29 is 18.0 Å². The minimum absolute atomic E-state index is 0.258. The smallest absolute Gasteiger partial charge is 0.311 e. The number of carbonyl (C=O) groups excluding carboxylic acids is 1. The molecule has 3 aromatic rings. The number of nitrogens with one attached hydrogen (secondary N) is 1. The van der Waals surface area contributed by atoms with E-state index in [2.05, 4.69) is 15.3 Å². The van der Waals surface area contributed by atoms with Gasteiger partial charge in [0, 0.05) is 12.6 Å². The average Bonchev–Trinajstić information content (AvgIpc) is 2.93. The second kappa shape index (κ2) is 7.48. The highest BCUT2D eigenvalue weighted by Gasteiger charge is 2.30. The third-order valence-electron chi connectivity index (χ3n) is 3.90. The molecule has 0 aliphatic carbocycles. The van der Waals surface area contributed by atoms with Crippen LogP contribution in [-0.2, 0) is 12.6 Å². The van der Waals surface area contributed by atoms with Crippen LogP contribution in [0.25, 0.3) is 0 Å². The van der Waals surface area contributed by atoms with E-state index in [0.717, 1.165) is 17.7 Å². The van der Waals surface area contributed by atoms with E-state index in [4.69, 9.17) is 0 Å². The van der Waals surface area contributed by atoms with Crippen molar-refractivity contribution in [1.82, 2.24) is 9.97 Å². The minimum atomic E-state index is -4.38. The number of rotatable bonds is 4. The third kappa shape index (κ3) is 4.51. The number of aryl methyl sites for hydroxylation is 2. The fourth-order valence-corrected chi connectivity index (χ4v) is 3.56. The van der Waals surface area contributed by atoms with Crippen LogP contribution in [0.2, 0.25) is 0 Å². The molecule has 1 N–H and O–H groups in total. The Balaban J connectivity index is 1.77. The molecular formula is C19H16F3N3OS. The molecule has 0 aliphatic rings. The summed E-state index contributed by atoms with van der Waals surface area (Å²) in [5, 5.41) is 3.97. The van der Waals surface area contributed by atoms with E-state index >= 15 is 0 Å². The van der Waals surface area contributed by atoms with Gasteiger partial charge in [0.25, 0.3) is 5.91 Å². The summed E-state index contributed by atoms with van der Waals surface area (Å²) in [4.78, 5) is 20.8. The van der Waals surface area contributed by atoms with Crippen LogP contribution in [0.15, 0.2) is 42.6 Å². The zero-order chi connectivity index (χ0) is 19.6. The normalized spacial score (nSPS) is 11.4. The predicted molar refractivity (Wildman–Crippen MR) is 98.0 cm³/mol. The number of alkyl halides is 3. The van der Waals surface area contributed by atoms with Gasteiger partial charge in [0.1, 0.15) is 10.7 Å². The summed E-state index contributed by atoms with van der Waals surface area (Å²) in [6.45, 7) is 3.54. The summed E-state index contributed by atoms with van der Waals surface area (Å²) >= 11 is 1.24. The fourth-order valence-electron chi connectivity index (χ4n) is 2.56. The van der Waals surface area contributed by atoms with Gasteiger partial charge >= 0.3 is 6.18 Å². The number of halogens is 3. The molecule has 0 aliphatic heterocycles. The number of hydrogen-bond acceptors (Lipinski definition) is 4. The lowest BCUT2D eigenvalue weighted by atomic mass is 10.1. The highest BCUT2D eigenvalue weighted by atomic mass is 32.1. The first-order valence-corrected chi connectivity index (χ1v) is 8.91. The van der Waals surface area contributed by atoms with Crippen molar-refractivity contribution >= 4 is 22.2 Å². The number of carbonyl (C=O) groups is 1. The molecule has 0 radical (unpaired) electrons. The summed E-state index contributed by atoms with van der Waals surface area (Å²) in [5.41, 5.74) is 1.51. The molecule has 27 heavy (non-hydrogen) atoms. The van der Waals surface area contributed by atoms with Gasteiger partial charge < -0.3 is 5.32 Å². The second-order valence-corrected chi connectivity index (χ2v) is 7.10. The van der Waals surface area contributed by atoms with Gasteiger partial charge in [-0.05, 0) is 37.1 Å². The lowest BCUT2D eigenvalue weighted by Gasteiger charge is -2.07. The monoisotopic (exact) mass is 391 g/mol. The highest BCUT2D eigenvalue weighted by molar-refractivity contribution is 7.16. The van der Waals surface area contributed by atoms with Crippen molar-refractivity contribution in [3.8, 4) is 0 Å². The van der Waals surface area contributed by atoms with Crippen LogP contribution in [0, 0.1) is 13.8 Å². The SMILES string of the molecule is Cc1cccnc1C(=O)Nc1sc(Cc2cccc(C(F)(F)F)c2)nc1C. The summed E-state index contributed by atoms with van der Waals surface area (Å²) < 4.78 is 38.5. The number of hydrogen-bond donors (Lipinski definition) is 1. The number of anilines is 1. The molecule has 0 atom stereocenters. The van der Waals surface area contributed by atoms with Crippen molar-refractivity contribution in [2.45, 2.75) is 26.4 Å². The molecular weight excluding hydrogens is 375 g/mol. The molecule has 0 saturated heterocycles. The Bertz CT molecular complexity index is 982. The van der Waals surface area contributed by atoms with Crippen LogP contribution >= 0.6 is 11.3 Å². The first kappa shape index (κ1) is 19.0. The van der Waals surface area contributed by atoms with E-state index < -0.39 is 11.7 Å². The minimum Gasteiger partial charge on any atom is -0.311 e. The zero-order valence-corrected chi connectivity index (χ0v) is 15.4.